The Bertz CT molecular complexity index is 657. The van der Waals surface area contributed by atoms with Gasteiger partial charge in [-0.05, 0) is 39.7 Å². The van der Waals surface area contributed by atoms with Gasteiger partial charge in [0.25, 0.3) is 0 Å². The Morgan fingerprint density at radius 1 is 1.19 bits per heavy atom. The van der Waals surface area contributed by atoms with E-state index in [4.69, 9.17) is 15.2 Å². The molecule has 2 amide bonds. The molecule has 0 fully saturated rings. The lowest BCUT2D eigenvalue weighted by molar-refractivity contribution is -0.139. The second-order valence-corrected chi connectivity index (χ2v) is 6.88. The highest BCUT2D eigenvalue weighted by molar-refractivity contribution is 5.80. The number of para-hydroxylation sites is 1. The molecule has 0 saturated carbocycles. The van der Waals surface area contributed by atoms with E-state index in [1.54, 1.807) is 45.0 Å². The van der Waals surface area contributed by atoms with Gasteiger partial charge in [0, 0.05) is 17.8 Å². The Morgan fingerprint density at radius 2 is 1.85 bits per heavy atom. The van der Waals surface area contributed by atoms with Gasteiger partial charge in [-0.1, -0.05) is 18.2 Å². The average Bonchev–Trinajstić information content (AvgIpc) is 2.55. The number of amides is 2. The fourth-order valence-electron chi connectivity index (χ4n) is 2.06. The van der Waals surface area contributed by atoms with Crippen molar-refractivity contribution in [2.45, 2.75) is 51.9 Å². The van der Waals surface area contributed by atoms with Crippen LogP contribution in [0.3, 0.4) is 0 Å². The van der Waals surface area contributed by atoms with Gasteiger partial charge in [0.15, 0.2) is 0 Å². The zero-order valence-electron chi connectivity index (χ0n) is 15.8. The number of carboxylic acid groups (broad SMARTS) is 1. The third-order valence-corrected chi connectivity index (χ3v) is 3.34. The minimum Gasteiger partial charge on any atom is -0.480 e. The molecule has 0 aliphatic rings. The third kappa shape index (κ3) is 9.34. The molecule has 0 heterocycles. The number of hydrogen-bond donors (Lipinski definition) is 4. The van der Waals surface area contributed by atoms with Gasteiger partial charge in [-0.15, -0.1) is 0 Å². The van der Waals surface area contributed by atoms with Crippen LogP contribution in [0.4, 0.5) is 15.3 Å². The molecule has 9 heteroatoms. The van der Waals surface area contributed by atoms with Crippen LogP contribution >= 0.6 is 0 Å². The van der Waals surface area contributed by atoms with Crippen LogP contribution in [0.15, 0.2) is 24.3 Å². The summed E-state index contributed by atoms with van der Waals surface area (Å²) in [6.07, 6.45) is -0.983. The number of anilines is 1. The summed E-state index contributed by atoms with van der Waals surface area (Å²) in [5.74, 6) is -1.18. The van der Waals surface area contributed by atoms with Crippen molar-refractivity contribution in [2.24, 2.45) is 0 Å². The van der Waals surface area contributed by atoms with Crippen LogP contribution < -0.4 is 16.4 Å². The quantitative estimate of drug-likeness (QED) is 0.400. The molecule has 0 bridgehead atoms. The topological polar surface area (TPSA) is 140 Å². The Morgan fingerprint density at radius 3 is 2.44 bits per heavy atom. The SMILES string of the molecule is CC(C)(C)OC(=O)NC(CCCNC(=O)OCc1ccccc1N)C(=O)O. The predicted molar refractivity (Wildman–Crippen MR) is 99.1 cm³/mol. The third-order valence-electron chi connectivity index (χ3n) is 3.34. The average molecular weight is 381 g/mol. The van der Waals surface area contributed by atoms with Crippen LogP contribution in [-0.2, 0) is 20.9 Å². The van der Waals surface area contributed by atoms with E-state index in [1.165, 1.54) is 0 Å². The zero-order valence-corrected chi connectivity index (χ0v) is 15.8. The van der Waals surface area contributed by atoms with E-state index in [2.05, 4.69) is 10.6 Å². The number of alkyl carbamates (subject to hydrolysis) is 2. The molecule has 1 atom stereocenters. The molecular weight excluding hydrogens is 354 g/mol. The summed E-state index contributed by atoms with van der Waals surface area (Å²) in [6.45, 7) is 5.28. The minimum atomic E-state index is -1.18. The fraction of sp³-hybridized carbons (Fsp3) is 0.500. The lowest BCUT2D eigenvalue weighted by atomic mass is 10.1. The number of nitrogen functional groups attached to an aromatic ring is 1. The molecule has 150 valence electrons. The van der Waals surface area contributed by atoms with Crippen LogP contribution in [0, 0.1) is 0 Å². The number of rotatable bonds is 8. The normalized spacial score (nSPS) is 12.0. The summed E-state index contributed by atoms with van der Waals surface area (Å²) in [5.41, 5.74) is 6.26. The maximum absolute atomic E-state index is 11.7. The first-order chi connectivity index (χ1) is 12.6. The summed E-state index contributed by atoms with van der Waals surface area (Å²) in [6, 6.07) is 5.92. The van der Waals surface area contributed by atoms with Gasteiger partial charge < -0.3 is 30.9 Å². The molecular formula is C18H27N3O6. The van der Waals surface area contributed by atoms with Gasteiger partial charge in [-0.2, -0.15) is 0 Å². The lowest BCUT2D eigenvalue weighted by Gasteiger charge is -2.22. The van der Waals surface area contributed by atoms with Crippen molar-refractivity contribution in [1.82, 2.24) is 10.6 Å². The molecule has 0 spiro atoms. The molecule has 0 saturated heterocycles. The number of ether oxygens (including phenoxy) is 2. The van der Waals surface area contributed by atoms with Gasteiger partial charge >= 0.3 is 18.2 Å². The van der Waals surface area contributed by atoms with Gasteiger partial charge in [-0.3, -0.25) is 0 Å². The molecule has 0 aromatic heterocycles. The van der Waals surface area contributed by atoms with Gasteiger partial charge in [0.1, 0.15) is 18.2 Å². The highest BCUT2D eigenvalue weighted by atomic mass is 16.6. The van der Waals surface area contributed by atoms with E-state index in [-0.39, 0.29) is 19.6 Å². The summed E-state index contributed by atoms with van der Waals surface area (Å²) in [7, 11) is 0. The Kier molecular flexibility index (Phi) is 8.37. The number of carbonyl (C=O) groups is 3. The van der Waals surface area contributed by atoms with Crippen molar-refractivity contribution in [3.05, 3.63) is 29.8 Å². The second kappa shape index (κ2) is 10.2. The predicted octanol–water partition coefficient (Wildman–Crippen LogP) is 2.25. The van der Waals surface area contributed by atoms with Gasteiger partial charge in [0.05, 0.1) is 0 Å². The van der Waals surface area contributed by atoms with Gasteiger partial charge in [-0.25, -0.2) is 14.4 Å². The van der Waals surface area contributed by atoms with E-state index < -0.39 is 29.8 Å². The highest BCUT2D eigenvalue weighted by Gasteiger charge is 2.23. The standard InChI is InChI=1S/C18H27N3O6/c1-18(2,3)27-17(25)21-14(15(22)23)9-6-10-20-16(24)26-11-12-7-4-5-8-13(12)19/h4-5,7-8,14H,6,9-11,19H2,1-3H3,(H,20,24)(H,21,25)(H,22,23). The van der Waals surface area contributed by atoms with E-state index >= 15 is 0 Å². The van der Waals surface area contributed by atoms with Crippen LogP contribution in [0.2, 0.25) is 0 Å². The number of aliphatic carboxylic acids is 1. The maximum atomic E-state index is 11.7. The maximum Gasteiger partial charge on any atom is 0.408 e. The zero-order chi connectivity index (χ0) is 20.4. The van der Waals surface area contributed by atoms with E-state index in [9.17, 15) is 19.5 Å². The van der Waals surface area contributed by atoms with Crippen LogP contribution in [0.1, 0.15) is 39.2 Å². The highest BCUT2D eigenvalue weighted by Crippen LogP contribution is 2.11. The molecule has 1 aromatic carbocycles. The van der Waals surface area contributed by atoms with Crippen LogP contribution in [0.5, 0.6) is 0 Å². The largest absolute Gasteiger partial charge is 0.480 e. The second-order valence-electron chi connectivity index (χ2n) is 6.88. The molecule has 1 unspecified atom stereocenters. The molecule has 1 rings (SSSR count). The van der Waals surface area contributed by atoms with Crippen molar-refractivity contribution in [2.75, 3.05) is 12.3 Å². The van der Waals surface area contributed by atoms with Crippen LogP contribution in [-0.4, -0.2) is 41.4 Å². The molecule has 9 nitrogen and oxygen atoms in total. The van der Waals surface area contributed by atoms with Crippen molar-refractivity contribution in [3.63, 3.8) is 0 Å². The molecule has 0 radical (unpaired) electrons. The van der Waals surface area contributed by atoms with E-state index in [0.717, 1.165) is 0 Å². The number of benzene rings is 1. The van der Waals surface area contributed by atoms with Crippen molar-refractivity contribution >= 4 is 23.8 Å². The number of carboxylic acids is 1. The first-order valence-electron chi connectivity index (χ1n) is 8.55. The van der Waals surface area contributed by atoms with Crippen molar-refractivity contribution in [3.8, 4) is 0 Å². The number of nitrogens with two attached hydrogens (primary N) is 1. The molecule has 1 aromatic rings. The lowest BCUT2D eigenvalue weighted by Crippen LogP contribution is -2.43. The van der Waals surface area contributed by atoms with E-state index in [0.29, 0.717) is 17.7 Å². The fourth-order valence-corrected chi connectivity index (χ4v) is 2.06. The molecule has 27 heavy (non-hydrogen) atoms. The Hall–Kier alpha value is -2.97. The number of nitrogens with one attached hydrogen (secondary N) is 2. The summed E-state index contributed by atoms with van der Waals surface area (Å²) in [5, 5.41) is 14.0. The summed E-state index contributed by atoms with van der Waals surface area (Å²) >= 11 is 0. The molecule has 0 aliphatic heterocycles. The number of hydrogen-bond acceptors (Lipinski definition) is 6. The van der Waals surface area contributed by atoms with Crippen LogP contribution in [0.25, 0.3) is 0 Å². The summed E-state index contributed by atoms with van der Waals surface area (Å²) < 4.78 is 10.1. The summed E-state index contributed by atoms with van der Waals surface area (Å²) in [4.78, 5) is 34.6. The Balaban J connectivity index is 2.31. The monoisotopic (exact) mass is 381 g/mol. The molecule has 0 aliphatic carbocycles. The molecule has 5 N–H and O–H groups in total. The Labute approximate surface area is 158 Å². The number of carbonyl (C=O) groups excluding carboxylic acids is 2. The van der Waals surface area contributed by atoms with Gasteiger partial charge in [0.2, 0.25) is 0 Å². The first-order valence-corrected chi connectivity index (χ1v) is 8.55. The minimum absolute atomic E-state index is 0.0382. The van der Waals surface area contributed by atoms with Crippen molar-refractivity contribution in [1.29, 1.82) is 0 Å². The first kappa shape index (κ1) is 22.1. The smallest absolute Gasteiger partial charge is 0.408 e. The van der Waals surface area contributed by atoms with Crippen molar-refractivity contribution < 1.29 is 29.0 Å². The van der Waals surface area contributed by atoms with E-state index in [1.807, 2.05) is 0 Å².